The Morgan fingerprint density at radius 3 is 2.93 bits per heavy atom. The van der Waals surface area contributed by atoms with E-state index in [2.05, 4.69) is 15.3 Å². The van der Waals surface area contributed by atoms with E-state index in [4.69, 9.17) is 15.2 Å². The van der Waals surface area contributed by atoms with E-state index >= 15 is 0 Å². The standard InChI is InChI=1S/C20H19N5O4/c1-28-16-7-12(4-5-15(16)29-10-17(21)26)14-8-18(27)24-20-19(14)23-11-25(20)13-3-2-6-22-9-13/h2-7,9,11,14H,8,10H2,1H3,(H2,21,26)(H,24,27)/t14-/m1/s1. The Labute approximate surface area is 166 Å². The van der Waals surface area contributed by atoms with Gasteiger partial charge in [0.25, 0.3) is 5.91 Å². The number of hydrogen-bond donors (Lipinski definition) is 2. The normalized spacial score (nSPS) is 15.3. The van der Waals surface area contributed by atoms with Crippen molar-refractivity contribution in [3.63, 3.8) is 0 Å². The highest BCUT2D eigenvalue weighted by Gasteiger charge is 2.31. The first-order valence-electron chi connectivity index (χ1n) is 8.93. The first-order chi connectivity index (χ1) is 14.1. The number of anilines is 1. The Kier molecular flexibility index (Phi) is 4.86. The average molecular weight is 393 g/mol. The number of carbonyl (C=O) groups excluding carboxylic acids is 2. The van der Waals surface area contributed by atoms with Crippen molar-refractivity contribution in [2.75, 3.05) is 19.0 Å². The van der Waals surface area contributed by atoms with Gasteiger partial charge in [0.1, 0.15) is 12.1 Å². The average Bonchev–Trinajstić information content (AvgIpc) is 3.15. The third-order valence-corrected chi connectivity index (χ3v) is 4.66. The third kappa shape index (κ3) is 3.62. The van der Waals surface area contributed by atoms with Gasteiger partial charge in [-0.05, 0) is 29.8 Å². The first-order valence-corrected chi connectivity index (χ1v) is 8.93. The number of ether oxygens (including phenoxy) is 2. The molecule has 0 saturated heterocycles. The summed E-state index contributed by atoms with van der Waals surface area (Å²) < 4.78 is 12.6. The second-order valence-corrected chi connectivity index (χ2v) is 6.53. The van der Waals surface area contributed by atoms with Crippen LogP contribution in [0.4, 0.5) is 5.82 Å². The predicted octanol–water partition coefficient (Wildman–Crippen LogP) is 1.61. The summed E-state index contributed by atoms with van der Waals surface area (Å²) in [6.07, 6.45) is 5.30. The molecule has 4 rings (SSSR count). The molecule has 0 saturated carbocycles. The summed E-state index contributed by atoms with van der Waals surface area (Å²) in [6.45, 7) is -0.249. The van der Waals surface area contributed by atoms with Crippen molar-refractivity contribution in [1.82, 2.24) is 14.5 Å². The molecule has 3 N–H and O–H groups in total. The molecule has 9 nitrogen and oxygen atoms in total. The quantitative estimate of drug-likeness (QED) is 0.656. The van der Waals surface area contributed by atoms with Crippen molar-refractivity contribution in [3.05, 3.63) is 60.3 Å². The Hall–Kier alpha value is -3.88. The third-order valence-electron chi connectivity index (χ3n) is 4.66. The number of methoxy groups -OCH3 is 1. The Bertz CT molecular complexity index is 1060. The fourth-order valence-electron chi connectivity index (χ4n) is 3.34. The molecule has 1 aromatic carbocycles. The van der Waals surface area contributed by atoms with E-state index in [1.165, 1.54) is 7.11 Å². The van der Waals surface area contributed by atoms with Crippen LogP contribution < -0.4 is 20.5 Å². The van der Waals surface area contributed by atoms with Crippen LogP contribution in [0.2, 0.25) is 0 Å². The van der Waals surface area contributed by atoms with Crippen molar-refractivity contribution in [3.8, 4) is 17.2 Å². The first kappa shape index (κ1) is 18.5. The zero-order valence-corrected chi connectivity index (χ0v) is 15.7. The summed E-state index contributed by atoms with van der Waals surface area (Å²) in [6, 6.07) is 9.01. The number of imidazole rings is 1. The lowest BCUT2D eigenvalue weighted by atomic mass is 9.89. The molecule has 1 atom stereocenters. The van der Waals surface area contributed by atoms with Gasteiger partial charge in [-0.25, -0.2) is 4.98 Å². The van der Waals surface area contributed by atoms with Gasteiger partial charge in [-0.2, -0.15) is 0 Å². The van der Waals surface area contributed by atoms with E-state index in [1.54, 1.807) is 35.4 Å². The second kappa shape index (κ2) is 7.63. The highest BCUT2D eigenvalue weighted by atomic mass is 16.5. The Balaban J connectivity index is 1.71. The molecule has 3 heterocycles. The molecule has 1 aliphatic rings. The van der Waals surface area contributed by atoms with Gasteiger partial charge in [-0.15, -0.1) is 0 Å². The van der Waals surface area contributed by atoms with Crippen LogP contribution in [-0.4, -0.2) is 40.1 Å². The van der Waals surface area contributed by atoms with Crippen molar-refractivity contribution < 1.29 is 19.1 Å². The summed E-state index contributed by atoms with van der Waals surface area (Å²) in [5.41, 5.74) is 7.53. The van der Waals surface area contributed by atoms with Gasteiger partial charge in [-0.3, -0.25) is 19.1 Å². The molecule has 1 aliphatic heterocycles. The van der Waals surface area contributed by atoms with Gasteiger partial charge in [0.05, 0.1) is 24.7 Å². The van der Waals surface area contributed by atoms with Crippen LogP contribution in [-0.2, 0) is 9.59 Å². The van der Waals surface area contributed by atoms with E-state index in [1.807, 2.05) is 18.2 Å². The van der Waals surface area contributed by atoms with E-state index in [-0.39, 0.29) is 24.9 Å². The zero-order chi connectivity index (χ0) is 20.4. The molecule has 0 unspecified atom stereocenters. The number of fused-ring (bicyclic) bond motifs is 1. The summed E-state index contributed by atoms with van der Waals surface area (Å²) in [7, 11) is 1.51. The van der Waals surface area contributed by atoms with Gasteiger partial charge >= 0.3 is 0 Å². The number of nitrogens with zero attached hydrogens (tertiary/aromatic N) is 3. The molecule has 29 heavy (non-hydrogen) atoms. The van der Waals surface area contributed by atoms with E-state index in [9.17, 15) is 9.59 Å². The van der Waals surface area contributed by atoms with Crippen molar-refractivity contribution in [2.24, 2.45) is 5.73 Å². The minimum absolute atomic E-state index is 0.110. The largest absolute Gasteiger partial charge is 0.493 e. The Morgan fingerprint density at radius 2 is 2.21 bits per heavy atom. The number of nitrogens with one attached hydrogen (secondary N) is 1. The number of hydrogen-bond acceptors (Lipinski definition) is 6. The molecule has 2 aromatic heterocycles. The fourth-order valence-corrected chi connectivity index (χ4v) is 3.34. The number of nitrogens with two attached hydrogens (primary N) is 1. The molecule has 148 valence electrons. The molecule has 0 fully saturated rings. The number of pyridine rings is 1. The minimum Gasteiger partial charge on any atom is -0.493 e. The summed E-state index contributed by atoms with van der Waals surface area (Å²) >= 11 is 0. The number of aromatic nitrogens is 3. The van der Waals surface area contributed by atoms with E-state index in [0.29, 0.717) is 17.3 Å². The van der Waals surface area contributed by atoms with Crippen LogP contribution >= 0.6 is 0 Å². The van der Waals surface area contributed by atoms with Crippen molar-refractivity contribution in [2.45, 2.75) is 12.3 Å². The van der Waals surface area contributed by atoms with Gasteiger partial charge < -0.3 is 20.5 Å². The molecular weight excluding hydrogens is 374 g/mol. The molecule has 0 spiro atoms. The molecule has 3 aromatic rings. The van der Waals surface area contributed by atoms with Crippen molar-refractivity contribution in [1.29, 1.82) is 0 Å². The van der Waals surface area contributed by atoms with Crippen LogP contribution in [0.3, 0.4) is 0 Å². The number of carbonyl (C=O) groups is 2. The van der Waals surface area contributed by atoms with Gasteiger partial charge in [0.15, 0.2) is 18.1 Å². The SMILES string of the molecule is COc1cc([C@H]2CC(=O)Nc3c2ncn3-c2cccnc2)ccc1OCC(N)=O. The van der Waals surface area contributed by atoms with Crippen LogP contribution in [0, 0.1) is 0 Å². The van der Waals surface area contributed by atoms with Crippen molar-refractivity contribution >= 4 is 17.6 Å². The lowest BCUT2D eigenvalue weighted by Gasteiger charge is -2.24. The summed E-state index contributed by atoms with van der Waals surface area (Å²) in [5.74, 6) is 0.522. The highest BCUT2D eigenvalue weighted by Crippen LogP contribution is 2.40. The summed E-state index contributed by atoms with van der Waals surface area (Å²) in [4.78, 5) is 32.1. The molecule has 9 heteroatoms. The van der Waals surface area contributed by atoms with Crippen LogP contribution in [0.15, 0.2) is 49.1 Å². The van der Waals surface area contributed by atoms with Crippen LogP contribution in [0.1, 0.15) is 23.6 Å². The zero-order valence-electron chi connectivity index (χ0n) is 15.7. The number of benzene rings is 1. The van der Waals surface area contributed by atoms with Gasteiger partial charge in [0.2, 0.25) is 5.91 Å². The smallest absolute Gasteiger partial charge is 0.255 e. The molecule has 0 aliphatic carbocycles. The molecular formula is C20H19N5O4. The maximum Gasteiger partial charge on any atom is 0.255 e. The monoisotopic (exact) mass is 393 g/mol. The summed E-state index contributed by atoms with van der Waals surface area (Å²) in [5, 5.41) is 2.91. The minimum atomic E-state index is -0.578. The lowest BCUT2D eigenvalue weighted by Crippen LogP contribution is -2.25. The van der Waals surface area contributed by atoms with Gasteiger partial charge in [-0.1, -0.05) is 6.07 Å². The number of rotatable bonds is 6. The predicted molar refractivity (Wildman–Crippen MR) is 104 cm³/mol. The van der Waals surface area contributed by atoms with E-state index < -0.39 is 5.91 Å². The van der Waals surface area contributed by atoms with Crippen LogP contribution in [0.5, 0.6) is 11.5 Å². The van der Waals surface area contributed by atoms with Gasteiger partial charge in [0, 0.05) is 18.5 Å². The molecule has 0 bridgehead atoms. The molecule has 2 amide bonds. The maximum atomic E-state index is 12.4. The second-order valence-electron chi connectivity index (χ2n) is 6.53. The molecule has 0 radical (unpaired) electrons. The maximum absolute atomic E-state index is 12.4. The topological polar surface area (TPSA) is 121 Å². The highest BCUT2D eigenvalue weighted by molar-refractivity contribution is 5.94. The Morgan fingerprint density at radius 1 is 1.34 bits per heavy atom. The number of amides is 2. The number of primary amides is 1. The lowest BCUT2D eigenvalue weighted by molar-refractivity contribution is -0.120. The van der Waals surface area contributed by atoms with E-state index in [0.717, 1.165) is 16.9 Å². The fraction of sp³-hybridized carbons (Fsp3) is 0.200. The van der Waals surface area contributed by atoms with Crippen LogP contribution in [0.25, 0.3) is 5.69 Å².